The smallest absolute Gasteiger partial charge is 0.131 e. The zero-order valence-electron chi connectivity index (χ0n) is 14.3. The van der Waals surface area contributed by atoms with Crippen LogP contribution in [0.15, 0.2) is 18.2 Å². The molecule has 1 aliphatic heterocycles. The summed E-state index contributed by atoms with van der Waals surface area (Å²) in [6, 6.07) is 3.72. The second kappa shape index (κ2) is 8.37. The number of benzene rings is 1. The van der Waals surface area contributed by atoms with Crippen molar-refractivity contribution in [3.8, 4) is 0 Å². The van der Waals surface area contributed by atoms with Crippen molar-refractivity contribution in [2.24, 2.45) is 5.92 Å². The third-order valence-electron chi connectivity index (χ3n) is 5.47. The number of aliphatic hydroxyl groups is 1. The quantitative estimate of drug-likeness (QED) is 0.893. The number of nitrogens with zero attached hydrogens (tertiary/aromatic N) is 2. The Balaban J connectivity index is 1.46. The van der Waals surface area contributed by atoms with Gasteiger partial charge in [-0.1, -0.05) is 25.3 Å². The van der Waals surface area contributed by atoms with Gasteiger partial charge in [-0.05, 0) is 30.9 Å². The molecule has 2 fully saturated rings. The van der Waals surface area contributed by atoms with Crippen LogP contribution >= 0.6 is 0 Å². The lowest BCUT2D eigenvalue weighted by Gasteiger charge is -2.38. The SMILES string of the molecule is OC(CN1CCN(CC2CCCCC2)CC1)c1c(F)cccc1F. The highest BCUT2D eigenvalue weighted by molar-refractivity contribution is 5.22. The summed E-state index contributed by atoms with van der Waals surface area (Å²) in [6.07, 6.45) is 5.71. The molecule has 1 aromatic rings. The fraction of sp³-hybridized carbons (Fsp3) is 0.684. The van der Waals surface area contributed by atoms with Crippen LogP contribution in [0.3, 0.4) is 0 Å². The van der Waals surface area contributed by atoms with E-state index in [2.05, 4.69) is 9.80 Å². The Hall–Kier alpha value is -1.04. The number of piperazine rings is 1. The number of aliphatic hydroxyl groups excluding tert-OH is 1. The van der Waals surface area contributed by atoms with Gasteiger partial charge in [0.2, 0.25) is 0 Å². The van der Waals surface area contributed by atoms with E-state index in [0.29, 0.717) is 0 Å². The zero-order chi connectivity index (χ0) is 16.9. The highest BCUT2D eigenvalue weighted by Gasteiger charge is 2.25. The highest BCUT2D eigenvalue weighted by atomic mass is 19.1. The van der Waals surface area contributed by atoms with Gasteiger partial charge >= 0.3 is 0 Å². The predicted molar refractivity (Wildman–Crippen MR) is 90.8 cm³/mol. The summed E-state index contributed by atoms with van der Waals surface area (Å²) < 4.78 is 27.5. The van der Waals surface area contributed by atoms with Crippen LogP contribution in [0.5, 0.6) is 0 Å². The Labute approximate surface area is 143 Å². The molecule has 1 N–H and O–H groups in total. The van der Waals surface area contributed by atoms with Gasteiger partial charge in [0.15, 0.2) is 0 Å². The lowest BCUT2D eigenvalue weighted by atomic mass is 9.89. The maximum atomic E-state index is 13.8. The van der Waals surface area contributed by atoms with Crippen LogP contribution in [0.4, 0.5) is 8.78 Å². The molecular weight excluding hydrogens is 310 g/mol. The molecule has 24 heavy (non-hydrogen) atoms. The van der Waals surface area contributed by atoms with E-state index in [1.165, 1.54) is 56.8 Å². The van der Waals surface area contributed by atoms with E-state index < -0.39 is 17.7 Å². The number of halogens is 2. The maximum absolute atomic E-state index is 13.8. The first-order valence-electron chi connectivity index (χ1n) is 9.20. The summed E-state index contributed by atoms with van der Waals surface area (Å²) in [5, 5.41) is 10.2. The molecule has 5 heteroatoms. The van der Waals surface area contributed by atoms with E-state index in [9.17, 15) is 13.9 Å². The number of hydrogen-bond acceptors (Lipinski definition) is 3. The standard InChI is InChI=1S/C19H28F2N2O/c20-16-7-4-8-17(21)19(16)18(24)14-23-11-9-22(10-12-23)13-15-5-2-1-3-6-15/h4,7-8,15,18,24H,1-3,5-6,9-14H2. The van der Waals surface area contributed by atoms with Crippen LogP contribution in [-0.2, 0) is 0 Å². The molecular formula is C19H28F2N2O. The van der Waals surface area contributed by atoms with Gasteiger partial charge in [0.25, 0.3) is 0 Å². The summed E-state index contributed by atoms with van der Waals surface area (Å²) in [4.78, 5) is 4.61. The molecule has 0 amide bonds. The van der Waals surface area contributed by atoms with Crippen LogP contribution < -0.4 is 0 Å². The molecule has 3 nitrogen and oxygen atoms in total. The van der Waals surface area contributed by atoms with Gasteiger partial charge in [-0.15, -0.1) is 0 Å². The summed E-state index contributed by atoms with van der Waals surface area (Å²) in [7, 11) is 0. The van der Waals surface area contributed by atoms with Gasteiger partial charge in [-0.25, -0.2) is 8.78 Å². The van der Waals surface area contributed by atoms with Crippen molar-refractivity contribution < 1.29 is 13.9 Å². The van der Waals surface area contributed by atoms with Crippen molar-refractivity contribution in [3.05, 3.63) is 35.4 Å². The summed E-state index contributed by atoms with van der Waals surface area (Å²) >= 11 is 0. The minimum Gasteiger partial charge on any atom is -0.387 e. The van der Waals surface area contributed by atoms with Gasteiger partial charge in [-0.3, -0.25) is 4.90 Å². The Morgan fingerprint density at radius 1 is 0.958 bits per heavy atom. The number of rotatable bonds is 5. The van der Waals surface area contributed by atoms with Gasteiger partial charge in [0, 0.05) is 39.3 Å². The minimum absolute atomic E-state index is 0.206. The third kappa shape index (κ3) is 4.52. The second-order valence-electron chi connectivity index (χ2n) is 7.26. The van der Waals surface area contributed by atoms with Crippen molar-refractivity contribution in [1.29, 1.82) is 0 Å². The van der Waals surface area contributed by atoms with Gasteiger partial charge in [-0.2, -0.15) is 0 Å². The molecule has 0 bridgehead atoms. The maximum Gasteiger partial charge on any atom is 0.131 e. The van der Waals surface area contributed by atoms with Crippen molar-refractivity contribution in [2.45, 2.75) is 38.2 Å². The lowest BCUT2D eigenvalue weighted by molar-refractivity contribution is 0.0613. The van der Waals surface area contributed by atoms with Crippen LogP contribution in [0.1, 0.15) is 43.8 Å². The van der Waals surface area contributed by atoms with E-state index in [1.54, 1.807) is 0 Å². The largest absolute Gasteiger partial charge is 0.387 e. The highest BCUT2D eigenvalue weighted by Crippen LogP contribution is 2.25. The average molecular weight is 338 g/mol. The molecule has 0 radical (unpaired) electrons. The van der Waals surface area contributed by atoms with Crippen molar-refractivity contribution in [2.75, 3.05) is 39.3 Å². The lowest BCUT2D eigenvalue weighted by Crippen LogP contribution is -2.48. The molecule has 1 aromatic carbocycles. The first kappa shape index (κ1) is 17.8. The van der Waals surface area contributed by atoms with Crippen molar-refractivity contribution in [1.82, 2.24) is 9.80 Å². The van der Waals surface area contributed by atoms with Crippen LogP contribution in [0.2, 0.25) is 0 Å². The summed E-state index contributed by atoms with van der Waals surface area (Å²) in [5.74, 6) is -0.500. The van der Waals surface area contributed by atoms with Gasteiger partial charge in [0.05, 0.1) is 11.7 Å². The zero-order valence-corrected chi connectivity index (χ0v) is 14.3. The van der Waals surface area contributed by atoms with Crippen LogP contribution in [-0.4, -0.2) is 54.2 Å². The fourth-order valence-electron chi connectivity index (χ4n) is 4.05. The summed E-state index contributed by atoms with van der Waals surface area (Å²) in [5.41, 5.74) is -0.206. The first-order chi connectivity index (χ1) is 11.6. The molecule has 0 spiro atoms. The molecule has 1 saturated heterocycles. The molecule has 2 aliphatic rings. The third-order valence-corrected chi connectivity index (χ3v) is 5.47. The second-order valence-corrected chi connectivity index (χ2v) is 7.26. The monoisotopic (exact) mass is 338 g/mol. The Bertz CT molecular complexity index is 506. The molecule has 1 atom stereocenters. The summed E-state index contributed by atoms with van der Waals surface area (Å²) in [6.45, 7) is 5.11. The predicted octanol–water partition coefficient (Wildman–Crippen LogP) is 3.20. The molecule has 3 rings (SSSR count). The van der Waals surface area contributed by atoms with E-state index in [4.69, 9.17) is 0 Å². The Morgan fingerprint density at radius 2 is 1.54 bits per heavy atom. The fourth-order valence-corrected chi connectivity index (χ4v) is 4.05. The van der Waals surface area contributed by atoms with Gasteiger partial charge in [0.1, 0.15) is 11.6 Å². The van der Waals surface area contributed by atoms with Crippen LogP contribution in [0, 0.1) is 17.6 Å². The van der Waals surface area contributed by atoms with E-state index in [1.807, 2.05) is 0 Å². The van der Waals surface area contributed by atoms with Crippen molar-refractivity contribution >= 4 is 0 Å². The Morgan fingerprint density at radius 3 is 2.17 bits per heavy atom. The number of β-amino-alcohol motifs (C(OH)–C–C–N with tert-alkyl or cyclic N) is 1. The average Bonchev–Trinajstić information content (AvgIpc) is 2.57. The Kier molecular flexibility index (Phi) is 6.19. The molecule has 1 unspecified atom stereocenters. The van der Waals surface area contributed by atoms with Crippen molar-refractivity contribution in [3.63, 3.8) is 0 Å². The number of hydrogen-bond donors (Lipinski definition) is 1. The first-order valence-corrected chi connectivity index (χ1v) is 9.20. The molecule has 0 aromatic heterocycles. The van der Waals surface area contributed by atoms with E-state index in [-0.39, 0.29) is 12.1 Å². The minimum atomic E-state index is -1.11. The van der Waals surface area contributed by atoms with E-state index >= 15 is 0 Å². The molecule has 1 heterocycles. The van der Waals surface area contributed by atoms with E-state index in [0.717, 1.165) is 32.1 Å². The molecule has 1 saturated carbocycles. The molecule has 1 aliphatic carbocycles. The normalized spacial score (nSPS) is 22.6. The molecule has 134 valence electrons. The van der Waals surface area contributed by atoms with Gasteiger partial charge < -0.3 is 10.0 Å². The topological polar surface area (TPSA) is 26.7 Å². The van der Waals surface area contributed by atoms with Crippen LogP contribution in [0.25, 0.3) is 0 Å².